The van der Waals surface area contributed by atoms with Crippen molar-refractivity contribution in [2.45, 2.75) is 26.4 Å². The Labute approximate surface area is 89.8 Å². The second-order valence-corrected chi connectivity index (χ2v) is 5.03. The van der Waals surface area contributed by atoms with Crippen LogP contribution in [0, 0.1) is 11.8 Å². The smallest absolute Gasteiger partial charge is 0.0631 e. The Morgan fingerprint density at radius 1 is 1.50 bits per heavy atom. The molecule has 3 heteroatoms. The van der Waals surface area contributed by atoms with Crippen LogP contribution in [0.1, 0.15) is 18.7 Å². The lowest BCUT2D eigenvalue weighted by Crippen LogP contribution is -2.33. The normalized spacial score (nSPS) is 15.8. The van der Waals surface area contributed by atoms with Gasteiger partial charge in [0.15, 0.2) is 0 Å². The lowest BCUT2D eigenvalue weighted by atomic mass is 9.88. The van der Waals surface area contributed by atoms with Crippen molar-refractivity contribution < 1.29 is 5.11 Å². The Kier molecular flexibility index (Phi) is 4.58. The average molecular weight is 213 g/mol. The maximum Gasteiger partial charge on any atom is 0.0631 e. The Morgan fingerprint density at radius 3 is 2.64 bits per heavy atom. The molecule has 2 atom stereocenters. The van der Waals surface area contributed by atoms with Crippen LogP contribution in [0.25, 0.3) is 0 Å². The van der Waals surface area contributed by atoms with E-state index in [1.165, 1.54) is 4.88 Å². The molecule has 2 unspecified atom stereocenters. The molecular formula is C11H19NOS. The molecule has 0 fully saturated rings. The molecule has 1 rings (SSSR count). The predicted molar refractivity (Wildman–Crippen MR) is 61.4 cm³/mol. The number of nitrogens with two attached hydrogens (primary N) is 1. The SMILES string of the molecule is CC(C)C(CN)C(O)Cc1cccs1. The third-order valence-electron chi connectivity index (χ3n) is 2.61. The summed E-state index contributed by atoms with van der Waals surface area (Å²) in [4.78, 5) is 1.23. The van der Waals surface area contributed by atoms with Gasteiger partial charge in [-0.1, -0.05) is 19.9 Å². The van der Waals surface area contributed by atoms with Crippen LogP contribution in [0.5, 0.6) is 0 Å². The van der Waals surface area contributed by atoms with E-state index in [-0.39, 0.29) is 12.0 Å². The number of hydrogen-bond acceptors (Lipinski definition) is 3. The Balaban J connectivity index is 2.51. The summed E-state index contributed by atoms with van der Waals surface area (Å²) >= 11 is 1.69. The van der Waals surface area contributed by atoms with Gasteiger partial charge < -0.3 is 10.8 Å². The number of aliphatic hydroxyl groups excluding tert-OH is 1. The third-order valence-corrected chi connectivity index (χ3v) is 3.51. The first-order valence-corrected chi connectivity index (χ1v) is 5.93. The molecule has 0 spiro atoms. The Morgan fingerprint density at radius 2 is 2.21 bits per heavy atom. The molecule has 0 aromatic carbocycles. The van der Waals surface area contributed by atoms with Gasteiger partial charge in [-0.15, -0.1) is 11.3 Å². The quantitative estimate of drug-likeness (QED) is 0.784. The molecule has 0 saturated heterocycles. The predicted octanol–water partition coefficient (Wildman–Crippen LogP) is 1.88. The van der Waals surface area contributed by atoms with E-state index in [2.05, 4.69) is 19.9 Å². The number of rotatable bonds is 5. The van der Waals surface area contributed by atoms with E-state index in [1.807, 2.05) is 11.4 Å². The maximum absolute atomic E-state index is 9.98. The van der Waals surface area contributed by atoms with Gasteiger partial charge in [0.05, 0.1) is 6.10 Å². The molecular weight excluding hydrogens is 194 g/mol. The van der Waals surface area contributed by atoms with Crippen LogP contribution in [-0.2, 0) is 6.42 Å². The summed E-state index contributed by atoms with van der Waals surface area (Å²) in [6, 6.07) is 4.07. The minimum absolute atomic E-state index is 0.206. The standard InChI is InChI=1S/C11H19NOS/c1-8(2)10(7-12)11(13)6-9-4-3-5-14-9/h3-5,8,10-11,13H,6-7,12H2,1-2H3. The number of hydrogen-bond donors (Lipinski definition) is 2. The van der Waals surface area contributed by atoms with Crippen molar-refractivity contribution in [2.24, 2.45) is 17.6 Å². The van der Waals surface area contributed by atoms with Crippen molar-refractivity contribution in [1.29, 1.82) is 0 Å². The number of thiophene rings is 1. The monoisotopic (exact) mass is 213 g/mol. The first-order chi connectivity index (χ1) is 6.65. The van der Waals surface area contributed by atoms with Crippen LogP contribution in [-0.4, -0.2) is 17.8 Å². The number of aliphatic hydroxyl groups is 1. The summed E-state index contributed by atoms with van der Waals surface area (Å²) in [7, 11) is 0. The zero-order valence-corrected chi connectivity index (χ0v) is 9.63. The summed E-state index contributed by atoms with van der Waals surface area (Å²) < 4.78 is 0. The third kappa shape index (κ3) is 3.08. The molecule has 3 N–H and O–H groups in total. The van der Waals surface area contributed by atoms with Crippen LogP contribution in [0.15, 0.2) is 17.5 Å². The van der Waals surface area contributed by atoms with Gasteiger partial charge in [0.25, 0.3) is 0 Å². The summed E-state index contributed by atoms with van der Waals surface area (Å²) in [5.74, 6) is 0.645. The highest BCUT2D eigenvalue weighted by Gasteiger charge is 2.21. The van der Waals surface area contributed by atoms with E-state index in [4.69, 9.17) is 5.73 Å². The van der Waals surface area contributed by atoms with Crippen molar-refractivity contribution in [2.75, 3.05) is 6.54 Å². The summed E-state index contributed by atoms with van der Waals surface area (Å²) in [6.45, 7) is 4.77. The molecule has 0 aliphatic carbocycles. The van der Waals surface area contributed by atoms with Gasteiger partial charge in [-0.3, -0.25) is 0 Å². The summed E-state index contributed by atoms with van der Waals surface area (Å²) in [5, 5.41) is 12.0. The summed E-state index contributed by atoms with van der Waals surface area (Å²) in [6.07, 6.45) is 0.427. The van der Waals surface area contributed by atoms with Crippen LogP contribution in [0.3, 0.4) is 0 Å². The maximum atomic E-state index is 9.98. The molecule has 0 radical (unpaired) electrons. The van der Waals surface area contributed by atoms with E-state index >= 15 is 0 Å². The molecule has 1 aromatic rings. The Bertz CT molecular complexity index is 246. The minimum atomic E-state index is -0.307. The molecule has 0 aliphatic rings. The fraction of sp³-hybridized carbons (Fsp3) is 0.636. The molecule has 14 heavy (non-hydrogen) atoms. The van der Waals surface area contributed by atoms with Gasteiger partial charge in [0.1, 0.15) is 0 Å². The molecule has 2 nitrogen and oxygen atoms in total. The van der Waals surface area contributed by atoms with Gasteiger partial charge in [0.2, 0.25) is 0 Å². The molecule has 80 valence electrons. The van der Waals surface area contributed by atoms with Gasteiger partial charge in [0, 0.05) is 11.3 Å². The first-order valence-electron chi connectivity index (χ1n) is 5.05. The van der Waals surface area contributed by atoms with E-state index in [1.54, 1.807) is 11.3 Å². The van der Waals surface area contributed by atoms with Gasteiger partial charge in [-0.25, -0.2) is 0 Å². The highest BCUT2D eigenvalue weighted by molar-refractivity contribution is 7.09. The van der Waals surface area contributed by atoms with E-state index in [0.29, 0.717) is 12.5 Å². The zero-order chi connectivity index (χ0) is 10.6. The molecule has 1 heterocycles. The van der Waals surface area contributed by atoms with E-state index in [9.17, 15) is 5.11 Å². The molecule has 0 amide bonds. The van der Waals surface area contributed by atoms with Crippen LogP contribution in [0.2, 0.25) is 0 Å². The highest BCUT2D eigenvalue weighted by Crippen LogP contribution is 2.19. The van der Waals surface area contributed by atoms with Crippen molar-refractivity contribution >= 4 is 11.3 Å². The second kappa shape index (κ2) is 5.49. The van der Waals surface area contributed by atoms with Gasteiger partial charge in [-0.2, -0.15) is 0 Å². The first kappa shape index (κ1) is 11.7. The van der Waals surface area contributed by atoms with Gasteiger partial charge >= 0.3 is 0 Å². The second-order valence-electron chi connectivity index (χ2n) is 3.99. The van der Waals surface area contributed by atoms with Gasteiger partial charge in [-0.05, 0) is 29.8 Å². The minimum Gasteiger partial charge on any atom is -0.392 e. The fourth-order valence-corrected chi connectivity index (χ4v) is 2.42. The van der Waals surface area contributed by atoms with E-state index in [0.717, 1.165) is 6.42 Å². The van der Waals surface area contributed by atoms with Crippen LogP contribution >= 0.6 is 11.3 Å². The lowest BCUT2D eigenvalue weighted by Gasteiger charge is -2.24. The van der Waals surface area contributed by atoms with Crippen molar-refractivity contribution in [3.8, 4) is 0 Å². The lowest BCUT2D eigenvalue weighted by molar-refractivity contribution is 0.0870. The Hall–Kier alpha value is -0.380. The molecule has 0 bridgehead atoms. The zero-order valence-electron chi connectivity index (χ0n) is 8.81. The topological polar surface area (TPSA) is 46.2 Å². The molecule has 0 aliphatic heterocycles. The van der Waals surface area contributed by atoms with Crippen LogP contribution < -0.4 is 5.73 Å². The average Bonchev–Trinajstić information content (AvgIpc) is 2.57. The van der Waals surface area contributed by atoms with Crippen molar-refractivity contribution in [1.82, 2.24) is 0 Å². The molecule has 1 aromatic heterocycles. The van der Waals surface area contributed by atoms with Crippen LogP contribution in [0.4, 0.5) is 0 Å². The van der Waals surface area contributed by atoms with Crippen molar-refractivity contribution in [3.63, 3.8) is 0 Å². The fourth-order valence-electron chi connectivity index (χ4n) is 1.66. The highest BCUT2D eigenvalue weighted by atomic mass is 32.1. The largest absolute Gasteiger partial charge is 0.392 e. The van der Waals surface area contributed by atoms with Crippen molar-refractivity contribution in [3.05, 3.63) is 22.4 Å². The van der Waals surface area contributed by atoms with E-state index < -0.39 is 0 Å². The summed E-state index contributed by atoms with van der Waals surface area (Å²) in [5.41, 5.74) is 5.65. The molecule has 0 saturated carbocycles.